The summed E-state index contributed by atoms with van der Waals surface area (Å²) >= 11 is 0. The Bertz CT molecular complexity index is 240. The Morgan fingerprint density at radius 3 is 2.60 bits per heavy atom. The average molecular weight is 218 g/mol. The van der Waals surface area contributed by atoms with E-state index in [-0.39, 0.29) is 6.54 Å². The van der Waals surface area contributed by atoms with E-state index in [4.69, 9.17) is 10.5 Å². The molecule has 15 heavy (non-hydrogen) atoms. The first kappa shape index (κ1) is 12.2. The summed E-state index contributed by atoms with van der Waals surface area (Å²) in [5.74, 6) is 0. The third kappa shape index (κ3) is 3.66. The number of hydrogen-bond donors (Lipinski definition) is 1. The van der Waals surface area contributed by atoms with Gasteiger partial charge in [-0.3, -0.25) is 0 Å². The SMILES string of the molecule is CC(C)(C)OC(=O)N1CC[C@H](F)[C@H](N)C1. The fourth-order valence-corrected chi connectivity index (χ4v) is 1.45. The van der Waals surface area contributed by atoms with E-state index in [1.165, 1.54) is 4.90 Å². The molecule has 0 aromatic carbocycles. The lowest BCUT2D eigenvalue weighted by molar-refractivity contribution is 0.0139. The molecule has 0 saturated carbocycles. The number of amides is 1. The minimum absolute atomic E-state index is 0.232. The van der Waals surface area contributed by atoms with Crippen LogP contribution in [-0.4, -0.2) is 41.9 Å². The predicted molar refractivity (Wildman–Crippen MR) is 55.3 cm³/mol. The highest BCUT2D eigenvalue weighted by atomic mass is 19.1. The van der Waals surface area contributed by atoms with Crippen LogP contribution in [0.2, 0.25) is 0 Å². The van der Waals surface area contributed by atoms with Gasteiger partial charge in [0.25, 0.3) is 0 Å². The van der Waals surface area contributed by atoms with Gasteiger partial charge < -0.3 is 15.4 Å². The summed E-state index contributed by atoms with van der Waals surface area (Å²) in [6.45, 7) is 6.01. The molecule has 2 atom stereocenters. The molecule has 1 fully saturated rings. The molecule has 1 amide bonds. The lowest BCUT2D eigenvalue weighted by atomic mass is 10.1. The minimum Gasteiger partial charge on any atom is -0.444 e. The quantitative estimate of drug-likeness (QED) is 0.666. The Hall–Kier alpha value is -0.840. The summed E-state index contributed by atoms with van der Waals surface area (Å²) < 4.78 is 18.2. The number of ether oxygens (including phenoxy) is 1. The highest BCUT2D eigenvalue weighted by Crippen LogP contribution is 2.16. The number of carbonyl (C=O) groups is 1. The van der Waals surface area contributed by atoms with E-state index in [0.717, 1.165) is 0 Å². The van der Waals surface area contributed by atoms with Crippen LogP contribution in [0.4, 0.5) is 9.18 Å². The van der Waals surface area contributed by atoms with E-state index in [2.05, 4.69) is 0 Å². The second-order valence-corrected chi connectivity index (χ2v) is 4.89. The maximum Gasteiger partial charge on any atom is 0.410 e. The van der Waals surface area contributed by atoms with Gasteiger partial charge in [-0.2, -0.15) is 0 Å². The zero-order chi connectivity index (χ0) is 11.6. The lowest BCUT2D eigenvalue weighted by Gasteiger charge is -2.34. The molecule has 0 bridgehead atoms. The second-order valence-electron chi connectivity index (χ2n) is 4.89. The van der Waals surface area contributed by atoms with Gasteiger partial charge in [0.2, 0.25) is 0 Å². The molecule has 88 valence electrons. The number of rotatable bonds is 0. The first-order chi connectivity index (χ1) is 6.79. The Balaban J connectivity index is 2.48. The number of alkyl halides is 1. The first-order valence-electron chi connectivity index (χ1n) is 5.17. The maximum absolute atomic E-state index is 13.0. The molecule has 0 aromatic heterocycles. The Kier molecular flexibility index (Phi) is 3.54. The standard InChI is InChI=1S/C10H19FN2O2/c1-10(2,3)15-9(14)13-5-4-7(11)8(12)6-13/h7-8H,4-6,12H2,1-3H3/t7-,8+/m0/s1. The van der Waals surface area contributed by atoms with Crippen molar-refractivity contribution in [2.24, 2.45) is 5.73 Å². The van der Waals surface area contributed by atoms with Crippen molar-refractivity contribution >= 4 is 6.09 Å². The van der Waals surface area contributed by atoms with Crippen molar-refractivity contribution in [3.8, 4) is 0 Å². The fraction of sp³-hybridized carbons (Fsp3) is 0.900. The van der Waals surface area contributed by atoms with Crippen LogP contribution >= 0.6 is 0 Å². The molecule has 5 heteroatoms. The molecule has 0 unspecified atom stereocenters. The molecule has 0 aromatic rings. The van der Waals surface area contributed by atoms with Gasteiger partial charge >= 0.3 is 6.09 Å². The van der Waals surface area contributed by atoms with Crippen LogP contribution in [-0.2, 0) is 4.74 Å². The molecule has 1 aliphatic heterocycles. The van der Waals surface area contributed by atoms with Crippen molar-refractivity contribution in [2.75, 3.05) is 13.1 Å². The molecule has 0 spiro atoms. The first-order valence-corrected chi connectivity index (χ1v) is 5.17. The van der Waals surface area contributed by atoms with Crippen LogP contribution in [0.3, 0.4) is 0 Å². The molecule has 1 heterocycles. The zero-order valence-electron chi connectivity index (χ0n) is 9.50. The summed E-state index contributed by atoms with van der Waals surface area (Å²) in [5.41, 5.74) is 5.03. The topological polar surface area (TPSA) is 55.6 Å². The van der Waals surface area contributed by atoms with Gasteiger partial charge in [0, 0.05) is 13.1 Å². The van der Waals surface area contributed by atoms with Crippen molar-refractivity contribution in [1.82, 2.24) is 4.90 Å². The monoisotopic (exact) mass is 218 g/mol. The van der Waals surface area contributed by atoms with Crippen LogP contribution in [0, 0.1) is 0 Å². The van der Waals surface area contributed by atoms with E-state index < -0.39 is 23.9 Å². The van der Waals surface area contributed by atoms with Crippen LogP contribution in [0.1, 0.15) is 27.2 Å². The van der Waals surface area contributed by atoms with E-state index in [9.17, 15) is 9.18 Å². The molecule has 0 radical (unpaired) electrons. The van der Waals surface area contributed by atoms with E-state index in [0.29, 0.717) is 13.0 Å². The zero-order valence-corrected chi connectivity index (χ0v) is 9.50. The van der Waals surface area contributed by atoms with Gasteiger partial charge in [0.1, 0.15) is 11.8 Å². The van der Waals surface area contributed by atoms with Gasteiger partial charge in [-0.15, -0.1) is 0 Å². The van der Waals surface area contributed by atoms with Crippen LogP contribution in [0.5, 0.6) is 0 Å². The normalized spacial score (nSPS) is 27.7. The highest BCUT2D eigenvalue weighted by Gasteiger charge is 2.31. The van der Waals surface area contributed by atoms with Gasteiger partial charge in [-0.1, -0.05) is 0 Å². The van der Waals surface area contributed by atoms with Gasteiger partial charge in [-0.25, -0.2) is 9.18 Å². The number of likely N-dealkylation sites (tertiary alicyclic amines) is 1. The van der Waals surface area contributed by atoms with E-state index >= 15 is 0 Å². The Morgan fingerprint density at radius 2 is 2.13 bits per heavy atom. The Labute approximate surface area is 89.6 Å². The third-order valence-corrected chi connectivity index (χ3v) is 2.22. The smallest absolute Gasteiger partial charge is 0.410 e. The number of hydrogen-bond acceptors (Lipinski definition) is 3. The predicted octanol–water partition coefficient (Wildman–Crippen LogP) is 1.29. The minimum atomic E-state index is -1.01. The number of nitrogens with zero attached hydrogens (tertiary/aromatic N) is 1. The van der Waals surface area contributed by atoms with Crippen molar-refractivity contribution in [2.45, 2.75) is 45.0 Å². The molecule has 1 saturated heterocycles. The number of carbonyl (C=O) groups excluding carboxylic acids is 1. The highest BCUT2D eigenvalue weighted by molar-refractivity contribution is 5.68. The van der Waals surface area contributed by atoms with E-state index in [1.54, 1.807) is 20.8 Å². The Morgan fingerprint density at radius 1 is 1.53 bits per heavy atom. The maximum atomic E-state index is 13.0. The summed E-state index contributed by atoms with van der Waals surface area (Å²) in [6, 6.07) is -0.591. The van der Waals surface area contributed by atoms with Crippen LogP contribution in [0.25, 0.3) is 0 Å². The molecular formula is C10H19FN2O2. The number of nitrogens with two attached hydrogens (primary N) is 1. The summed E-state index contributed by atoms with van der Waals surface area (Å²) in [5, 5.41) is 0. The molecule has 4 nitrogen and oxygen atoms in total. The van der Waals surface area contributed by atoms with Crippen molar-refractivity contribution in [3.63, 3.8) is 0 Å². The summed E-state index contributed by atoms with van der Waals surface area (Å²) in [4.78, 5) is 13.1. The van der Waals surface area contributed by atoms with Crippen molar-refractivity contribution in [3.05, 3.63) is 0 Å². The lowest BCUT2D eigenvalue weighted by Crippen LogP contribution is -2.52. The molecule has 0 aliphatic carbocycles. The van der Waals surface area contributed by atoms with Crippen molar-refractivity contribution in [1.29, 1.82) is 0 Å². The van der Waals surface area contributed by atoms with Crippen LogP contribution < -0.4 is 5.73 Å². The molecule has 1 aliphatic rings. The van der Waals surface area contributed by atoms with Crippen molar-refractivity contribution < 1.29 is 13.9 Å². The largest absolute Gasteiger partial charge is 0.444 e. The number of halogens is 1. The average Bonchev–Trinajstić information content (AvgIpc) is 2.06. The second kappa shape index (κ2) is 4.35. The number of piperidine rings is 1. The van der Waals surface area contributed by atoms with Gasteiger partial charge in [0.15, 0.2) is 0 Å². The molecular weight excluding hydrogens is 199 g/mol. The summed E-state index contributed by atoms with van der Waals surface area (Å²) in [6.07, 6.45) is -1.13. The molecule has 1 rings (SSSR count). The van der Waals surface area contributed by atoms with Gasteiger partial charge in [-0.05, 0) is 27.2 Å². The van der Waals surface area contributed by atoms with Crippen LogP contribution in [0.15, 0.2) is 0 Å². The molecule has 2 N–H and O–H groups in total. The van der Waals surface area contributed by atoms with E-state index in [1.807, 2.05) is 0 Å². The fourth-order valence-electron chi connectivity index (χ4n) is 1.45. The third-order valence-electron chi connectivity index (χ3n) is 2.22. The van der Waals surface area contributed by atoms with Gasteiger partial charge in [0.05, 0.1) is 6.04 Å². The summed E-state index contributed by atoms with van der Waals surface area (Å²) in [7, 11) is 0.